The standard InChI is InChI=1S/C26H31Cl2N5OS/c27-22-12-11-21(19-23(22)28)33-24(18-20-8-3-1-4-9-20)30-31-26(33)35-17-7-10-25(34)29-13-16-32-14-5-2-6-15-32/h1,3-4,8-9,11-12,19H,2,5-7,10,13-18H2,(H,29,34). The topological polar surface area (TPSA) is 63.1 Å². The van der Waals surface area contributed by atoms with Gasteiger partial charge in [0.05, 0.1) is 15.7 Å². The first-order chi connectivity index (χ1) is 17.1. The summed E-state index contributed by atoms with van der Waals surface area (Å²) in [5, 5.41) is 13.8. The van der Waals surface area contributed by atoms with Crippen molar-refractivity contribution < 1.29 is 4.79 Å². The van der Waals surface area contributed by atoms with Gasteiger partial charge in [-0.05, 0) is 56.1 Å². The van der Waals surface area contributed by atoms with Crippen LogP contribution >= 0.6 is 35.0 Å². The number of thioether (sulfide) groups is 1. The number of nitrogens with one attached hydrogen (secondary N) is 1. The van der Waals surface area contributed by atoms with Crippen LogP contribution in [0.25, 0.3) is 5.69 Å². The zero-order valence-electron chi connectivity index (χ0n) is 19.8. The Morgan fingerprint density at radius 3 is 2.57 bits per heavy atom. The minimum absolute atomic E-state index is 0.110. The van der Waals surface area contributed by atoms with E-state index in [9.17, 15) is 4.79 Å². The fraction of sp³-hybridized carbons (Fsp3) is 0.423. The number of hydrogen-bond acceptors (Lipinski definition) is 5. The normalized spacial score (nSPS) is 14.2. The van der Waals surface area contributed by atoms with Crippen molar-refractivity contribution in [3.8, 4) is 5.69 Å². The quantitative estimate of drug-likeness (QED) is 0.256. The van der Waals surface area contributed by atoms with Gasteiger partial charge in [-0.15, -0.1) is 10.2 Å². The van der Waals surface area contributed by atoms with Crippen molar-refractivity contribution in [3.05, 3.63) is 70.0 Å². The Kier molecular flexibility index (Phi) is 9.89. The van der Waals surface area contributed by atoms with Crippen molar-refractivity contribution in [2.75, 3.05) is 31.9 Å². The van der Waals surface area contributed by atoms with Gasteiger partial charge in [-0.1, -0.05) is 71.7 Å². The molecule has 2 heterocycles. The summed E-state index contributed by atoms with van der Waals surface area (Å²) in [5.74, 6) is 1.70. The number of likely N-dealkylation sites (tertiary alicyclic amines) is 1. The first kappa shape index (κ1) is 26.0. The molecule has 0 spiro atoms. The SMILES string of the molecule is O=C(CCCSc1nnc(Cc2ccccc2)n1-c1ccc(Cl)c(Cl)c1)NCCN1CCCCC1. The summed E-state index contributed by atoms with van der Waals surface area (Å²) in [4.78, 5) is 14.7. The molecule has 186 valence electrons. The first-order valence-electron chi connectivity index (χ1n) is 12.2. The first-order valence-corrected chi connectivity index (χ1v) is 13.9. The highest BCUT2D eigenvalue weighted by Crippen LogP contribution is 2.29. The van der Waals surface area contributed by atoms with Gasteiger partial charge >= 0.3 is 0 Å². The number of nitrogens with zero attached hydrogens (tertiary/aromatic N) is 4. The van der Waals surface area contributed by atoms with Crippen LogP contribution in [-0.2, 0) is 11.2 Å². The number of carbonyl (C=O) groups is 1. The number of carbonyl (C=O) groups excluding carboxylic acids is 1. The molecular formula is C26H31Cl2N5OS. The summed E-state index contributed by atoms with van der Waals surface area (Å²) < 4.78 is 2.03. The molecule has 3 aromatic rings. The third kappa shape index (κ3) is 7.71. The van der Waals surface area contributed by atoms with Crippen molar-refractivity contribution in [1.29, 1.82) is 0 Å². The second-order valence-electron chi connectivity index (χ2n) is 8.70. The zero-order valence-corrected chi connectivity index (χ0v) is 22.1. The highest BCUT2D eigenvalue weighted by atomic mass is 35.5. The van der Waals surface area contributed by atoms with E-state index in [4.69, 9.17) is 23.2 Å². The van der Waals surface area contributed by atoms with E-state index in [1.807, 2.05) is 34.9 Å². The summed E-state index contributed by atoms with van der Waals surface area (Å²) in [5.41, 5.74) is 2.02. The Morgan fingerprint density at radius 1 is 1.00 bits per heavy atom. The van der Waals surface area contributed by atoms with Gasteiger partial charge in [0.25, 0.3) is 0 Å². The second-order valence-corrected chi connectivity index (χ2v) is 10.6. The average Bonchev–Trinajstić information content (AvgIpc) is 3.27. The van der Waals surface area contributed by atoms with Gasteiger partial charge in [0.2, 0.25) is 5.91 Å². The van der Waals surface area contributed by atoms with E-state index in [2.05, 4.69) is 32.5 Å². The molecule has 1 fully saturated rings. The van der Waals surface area contributed by atoms with Crippen LogP contribution in [0.4, 0.5) is 0 Å². The Balaban J connectivity index is 1.33. The molecule has 2 aromatic carbocycles. The predicted molar refractivity (Wildman–Crippen MR) is 144 cm³/mol. The van der Waals surface area contributed by atoms with E-state index in [0.717, 1.165) is 60.6 Å². The van der Waals surface area contributed by atoms with Crippen LogP contribution in [0.5, 0.6) is 0 Å². The van der Waals surface area contributed by atoms with Crippen LogP contribution in [-0.4, -0.2) is 57.5 Å². The van der Waals surface area contributed by atoms with E-state index in [0.29, 0.717) is 22.9 Å². The minimum atomic E-state index is 0.110. The Hall–Kier alpha value is -2.06. The highest BCUT2D eigenvalue weighted by molar-refractivity contribution is 7.99. The third-order valence-electron chi connectivity index (χ3n) is 6.05. The Bertz CT molecular complexity index is 1100. The van der Waals surface area contributed by atoms with Crippen LogP contribution in [0, 0.1) is 0 Å². The molecule has 9 heteroatoms. The van der Waals surface area contributed by atoms with E-state index >= 15 is 0 Å². The molecule has 0 bridgehead atoms. The van der Waals surface area contributed by atoms with Crippen molar-refractivity contribution in [2.45, 2.75) is 43.7 Å². The van der Waals surface area contributed by atoms with Gasteiger partial charge in [-0.3, -0.25) is 9.36 Å². The van der Waals surface area contributed by atoms with E-state index in [1.54, 1.807) is 17.8 Å². The van der Waals surface area contributed by atoms with Crippen molar-refractivity contribution in [3.63, 3.8) is 0 Å². The monoisotopic (exact) mass is 531 g/mol. The number of benzene rings is 2. The van der Waals surface area contributed by atoms with Crippen LogP contribution < -0.4 is 5.32 Å². The molecular weight excluding hydrogens is 501 g/mol. The molecule has 4 rings (SSSR count). The van der Waals surface area contributed by atoms with Crippen LogP contribution in [0.1, 0.15) is 43.5 Å². The molecule has 0 atom stereocenters. The summed E-state index contributed by atoms with van der Waals surface area (Å²) in [6.45, 7) is 3.97. The summed E-state index contributed by atoms with van der Waals surface area (Å²) in [6.07, 6.45) is 5.78. The van der Waals surface area contributed by atoms with Gasteiger partial charge in [0, 0.05) is 31.7 Å². The lowest BCUT2D eigenvalue weighted by Gasteiger charge is -2.26. The van der Waals surface area contributed by atoms with E-state index in [-0.39, 0.29) is 5.91 Å². The lowest BCUT2D eigenvalue weighted by molar-refractivity contribution is -0.121. The molecule has 0 aliphatic carbocycles. The van der Waals surface area contributed by atoms with Crippen LogP contribution in [0.15, 0.2) is 53.7 Å². The number of hydrogen-bond donors (Lipinski definition) is 1. The maximum absolute atomic E-state index is 12.3. The van der Waals surface area contributed by atoms with E-state index < -0.39 is 0 Å². The fourth-order valence-electron chi connectivity index (χ4n) is 4.19. The van der Waals surface area contributed by atoms with Gasteiger partial charge in [0.1, 0.15) is 5.82 Å². The van der Waals surface area contributed by atoms with Gasteiger partial charge in [-0.2, -0.15) is 0 Å². The molecule has 6 nitrogen and oxygen atoms in total. The molecule has 1 aliphatic rings. The maximum Gasteiger partial charge on any atom is 0.220 e. The second kappa shape index (κ2) is 13.3. The molecule has 1 amide bonds. The van der Waals surface area contributed by atoms with Crippen LogP contribution in [0.3, 0.4) is 0 Å². The van der Waals surface area contributed by atoms with Crippen LogP contribution in [0.2, 0.25) is 10.0 Å². The summed E-state index contributed by atoms with van der Waals surface area (Å²) >= 11 is 14.1. The van der Waals surface area contributed by atoms with Gasteiger partial charge in [0.15, 0.2) is 5.16 Å². The highest BCUT2D eigenvalue weighted by Gasteiger charge is 2.16. The molecule has 1 N–H and O–H groups in total. The Morgan fingerprint density at radius 2 is 1.80 bits per heavy atom. The van der Waals surface area contributed by atoms with Gasteiger partial charge < -0.3 is 10.2 Å². The number of piperidine rings is 1. The summed E-state index contributed by atoms with van der Waals surface area (Å²) in [6, 6.07) is 15.7. The minimum Gasteiger partial charge on any atom is -0.355 e. The van der Waals surface area contributed by atoms with Crippen molar-refractivity contribution >= 4 is 40.9 Å². The molecule has 1 saturated heterocycles. The molecule has 1 aromatic heterocycles. The Labute approximate surface area is 221 Å². The van der Waals surface area contributed by atoms with Crippen molar-refractivity contribution in [2.24, 2.45) is 0 Å². The predicted octanol–water partition coefficient (Wildman–Crippen LogP) is 5.64. The fourth-order valence-corrected chi connectivity index (χ4v) is 5.39. The molecule has 0 saturated carbocycles. The number of aromatic nitrogens is 3. The smallest absolute Gasteiger partial charge is 0.220 e. The zero-order chi connectivity index (χ0) is 24.5. The lowest BCUT2D eigenvalue weighted by Crippen LogP contribution is -2.37. The number of amides is 1. The van der Waals surface area contributed by atoms with E-state index in [1.165, 1.54) is 19.3 Å². The molecule has 0 radical (unpaired) electrons. The molecule has 1 aliphatic heterocycles. The number of rotatable bonds is 11. The van der Waals surface area contributed by atoms with Gasteiger partial charge in [-0.25, -0.2) is 0 Å². The maximum atomic E-state index is 12.3. The number of halogens is 2. The molecule has 0 unspecified atom stereocenters. The average molecular weight is 533 g/mol. The van der Waals surface area contributed by atoms with Crippen molar-refractivity contribution in [1.82, 2.24) is 25.0 Å². The lowest BCUT2D eigenvalue weighted by atomic mass is 10.1. The molecule has 35 heavy (non-hydrogen) atoms. The largest absolute Gasteiger partial charge is 0.355 e. The summed E-state index contributed by atoms with van der Waals surface area (Å²) in [7, 11) is 0. The third-order valence-corrected chi connectivity index (χ3v) is 7.80.